The van der Waals surface area contributed by atoms with E-state index in [1.807, 2.05) is 0 Å². The average molecular weight is 217 g/mol. The minimum atomic E-state index is 0. The quantitative estimate of drug-likeness (QED) is 0.703. The molecule has 0 aliphatic carbocycles. The van der Waals surface area contributed by atoms with Crippen molar-refractivity contribution in [1.29, 1.82) is 0 Å². The average Bonchev–Trinajstić information content (AvgIpc) is 1.95. The van der Waals surface area contributed by atoms with Gasteiger partial charge in [0.25, 0.3) is 0 Å². The molecule has 0 aromatic heterocycles. The Bertz CT molecular complexity index is 97.4. The zero-order valence-electron chi connectivity index (χ0n) is 7.50. The van der Waals surface area contributed by atoms with Crippen molar-refractivity contribution in [3.8, 4) is 0 Å². The van der Waals surface area contributed by atoms with Crippen molar-refractivity contribution in [2.45, 2.75) is 19.0 Å². The molecule has 0 saturated carbocycles. The molecule has 76 valence electrons. The Morgan fingerprint density at radius 3 is 2.33 bits per heavy atom. The highest BCUT2D eigenvalue weighted by atomic mass is 35.5. The van der Waals surface area contributed by atoms with Gasteiger partial charge in [-0.3, -0.25) is 0 Å². The van der Waals surface area contributed by atoms with Gasteiger partial charge < -0.3 is 15.4 Å². The number of rotatable bonds is 2. The number of methoxy groups -OCH3 is 1. The lowest BCUT2D eigenvalue weighted by atomic mass is 10.2. The molecule has 3 nitrogen and oxygen atoms in total. The van der Waals surface area contributed by atoms with Gasteiger partial charge in [0.05, 0.1) is 6.61 Å². The van der Waals surface area contributed by atoms with Crippen molar-refractivity contribution in [1.82, 2.24) is 10.6 Å². The maximum absolute atomic E-state index is 5.01. The summed E-state index contributed by atoms with van der Waals surface area (Å²) in [6.45, 7) is 5.05. The third-order valence-electron chi connectivity index (χ3n) is 1.79. The number of piperazine rings is 1. The molecule has 0 radical (unpaired) electrons. The smallest absolute Gasteiger partial charge is 0.0628 e. The highest BCUT2D eigenvalue weighted by molar-refractivity contribution is 5.85. The van der Waals surface area contributed by atoms with Gasteiger partial charge in [0.1, 0.15) is 0 Å². The molecule has 0 aromatic carbocycles. The van der Waals surface area contributed by atoms with Gasteiger partial charge in [-0.05, 0) is 6.92 Å². The number of nitrogens with one attached hydrogen (secondary N) is 2. The largest absolute Gasteiger partial charge is 0.383 e. The Morgan fingerprint density at radius 2 is 1.92 bits per heavy atom. The van der Waals surface area contributed by atoms with E-state index in [2.05, 4.69) is 17.6 Å². The molecular weight excluding hydrogens is 199 g/mol. The van der Waals surface area contributed by atoms with Gasteiger partial charge in [-0.1, -0.05) is 0 Å². The fraction of sp³-hybridized carbons (Fsp3) is 1.00. The normalized spacial score (nSPS) is 28.5. The topological polar surface area (TPSA) is 33.3 Å². The molecule has 1 saturated heterocycles. The Balaban J connectivity index is 0. The van der Waals surface area contributed by atoms with Crippen LogP contribution in [0, 0.1) is 0 Å². The van der Waals surface area contributed by atoms with E-state index in [1.54, 1.807) is 7.11 Å². The van der Waals surface area contributed by atoms with Crippen LogP contribution in [-0.4, -0.2) is 38.9 Å². The highest BCUT2D eigenvalue weighted by Crippen LogP contribution is 1.92. The van der Waals surface area contributed by atoms with Crippen LogP contribution in [0.2, 0.25) is 0 Å². The van der Waals surface area contributed by atoms with Crippen LogP contribution in [-0.2, 0) is 4.74 Å². The number of halogens is 2. The minimum absolute atomic E-state index is 0. The second-order valence-electron chi connectivity index (χ2n) is 2.87. The van der Waals surface area contributed by atoms with Crippen LogP contribution < -0.4 is 10.6 Å². The first-order chi connectivity index (χ1) is 4.83. The van der Waals surface area contributed by atoms with Crippen molar-refractivity contribution in [3.05, 3.63) is 0 Å². The van der Waals surface area contributed by atoms with Crippen LogP contribution in [0.25, 0.3) is 0 Å². The van der Waals surface area contributed by atoms with E-state index < -0.39 is 0 Å². The van der Waals surface area contributed by atoms with Crippen molar-refractivity contribution < 1.29 is 4.74 Å². The van der Waals surface area contributed by atoms with Gasteiger partial charge in [-0.2, -0.15) is 0 Å². The molecule has 12 heavy (non-hydrogen) atoms. The minimum Gasteiger partial charge on any atom is -0.383 e. The SMILES string of the molecule is COC[C@@H]1CN[C@@H](C)CN1.Cl.Cl. The van der Waals surface area contributed by atoms with Gasteiger partial charge in [0.2, 0.25) is 0 Å². The van der Waals surface area contributed by atoms with Crippen LogP contribution in [0.5, 0.6) is 0 Å². The zero-order chi connectivity index (χ0) is 7.40. The molecule has 5 heteroatoms. The summed E-state index contributed by atoms with van der Waals surface area (Å²) in [6, 6.07) is 1.11. The third kappa shape index (κ3) is 5.17. The van der Waals surface area contributed by atoms with E-state index in [0.717, 1.165) is 19.7 Å². The molecule has 1 fully saturated rings. The molecule has 1 rings (SSSR count). The van der Waals surface area contributed by atoms with Crippen LogP contribution in [0.4, 0.5) is 0 Å². The molecule has 1 aliphatic heterocycles. The number of hydrogen-bond donors (Lipinski definition) is 2. The van der Waals surface area contributed by atoms with Crippen molar-refractivity contribution in [2.75, 3.05) is 26.8 Å². The van der Waals surface area contributed by atoms with Gasteiger partial charge >= 0.3 is 0 Å². The van der Waals surface area contributed by atoms with Crippen LogP contribution in [0.3, 0.4) is 0 Å². The molecule has 1 heterocycles. The lowest BCUT2D eigenvalue weighted by Gasteiger charge is -2.28. The summed E-state index contributed by atoms with van der Waals surface area (Å²) in [4.78, 5) is 0. The molecule has 1 aliphatic rings. The van der Waals surface area contributed by atoms with Crippen LogP contribution >= 0.6 is 24.8 Å². The molecule has 0 aromatic rings. The first-order valence-electron chi connectivity index (χ1n) is 3.78. The second kappa shape index (κ2) is 8.08. The number of hydrogen-bond acceptors (Lipinski definition) is 3. The van der Waals surface area contributed by atoms with Gasteiger partial charge in [-0.25, -0.2) is 0 Å². The summed E-state index contributed by atoms with van der Waals surface area (Å²) >= 11 is 0. The fourth-order valence-corrected chi connectivity index (χ4v) is 1.15. The molecule has 0 unspecified atom stereocenters. The Labute approximate surface area is 86.4 Å². The summed E-state index contributed by atoms with van der Waals surface area (Å²) in [5.41, 5.74) is 0. The van der Waals surface area contributed by atoms with E-state index in [0.29, 0.717) is 12.1 Å². The summed E-state index contributed by atoms with van der Waals surface area (Å²) in [6.07, 6.45) is 0. The summed E-state index contributed by atoms with van der Waals surface area (Å²) < 4.78 is 5.01. The molecule has 0 spiro atoms. The third-order valence-corrected chi connectivity index (χ3v) is 1.79. The fourth-order valence-electron chi connectivity index (χ4n) is 1.15. The predicted octanol–water partition coefficient (Wildman–Crippen LogP) is 0.426. The van der Waals surface area contributed by atoms with E-state index in [-0.39, 0.29) is 24.8 Å². The Kier molecular flexibility index (Phi) is 10.1. The highest BCUT2D eigenvalue weighted by Gasteiger charge is 2.15. The van der Waals surface area contributed by atoms with Crippen molar-refractivity contribution in [2.24, 2.45) is 0 Å². The van der Waals surface area contributed by atoms with Crippen molar-refractivity contribution in [3.63, 3.8) is 0 Å². The van der Waals surface area contributed by atoms with Crippen LogP contribution in [0.1, 0.15) is 6.92 Å². The van der Waals surface area contributed by atoms with E-state index in [4.69, 9.17) is 4.74 Å². The van der Waals surface area contributed by atoms with E-state index in [9.17, 15) is 0 Å². The maximum atomic E-state index is 5.01. The maximum Gasteiger partial charge on any atom is 0.0628 e. The lowest BCUT2D eigenvalue weighted by molar-refractivity contribution is 0.153. The molecule has 2 N–H and O–H groups in total. The van der Waals surface area contributed by atoms with E-state index >= 15 is 0 Å². The molecular formula is C7H18Cl2N2O. The predicted molar refractivity (Wildman–Crippen MR) is 55.6 cm³/mol. The first-order valence-corrected chi connectivity index (χ1v) is 3.78. The summed E-state index contributed by atoms with van der Waals surface area (Å²) in [7, 11) is 1.74. The summed E-state index contributed by atoms with van der Waals surface area (Å²) in [5.74, 6) is 0. The lowest BCUT2D eigenvalue weighted by Crippen LogP contribution is -2.54. The Hall–Kier alpha value is 0.460. The van der Waals surface area contributed by atoms with Gasteiger partial charge in [0.15, 0.2) is 0 Å². The molecule has 0 amide bonds. The first kappa shape index (κ1) is 15.0. The monoisotopic (exact) mass is 216 g/mol. The zero-order valence-corrected chi connectivity index (χ0v) is 9.13. The molecule has 0 bridgehead atoms. The Morgan fingerprint density at radius 1 is 1.25 bits per heavy atom. The van der Waals surface area contributed by atoms with Crippen molar-refractivity contribution >= 4 is 24.8 Å². The molecule has 2 atom stereocenters. The van der Waals surface area contributed by atoms with Crippen LogP contribution in [0.15, 0.2) is 0 Å². The number of ether oxygens (including phenoxy) is 1. The van der Waals surface area contributed by atoms with E-state index in [1.165, 1.54) is 0 Å². The van der Waals surface area contributed by atoms with Gasteiger partial charge in [0, 0.05) is 32.3 Å². The van der Waals surface area contributed by atoms with Gasteiger partial charge in [-0.15, -0.1) is 24.8 Å². The summed E-state index contributed by atoms with van der Waals surface area (Å²) in [5, 5.41) is 6.76. The standard InChI is InChI=1S/C7H16N2O.2ClH/c1-6-3-9-7(4-8-6)5-10-2;;/h6-9H,3-5H2,1-2H3;2*1H/t6-,7-;;/m0../s1. The second-order valence-corrected chi connectivity index (χ2v) is 2.87.